The Bertz CT molecular complexity index is 903. The summed E-state index contributed by atoms with van der Waals surface area (Å²) in [6.45, 7) is 5.89. The van der Waals surface area contributed by atoms with Gasteiger partial charge in [-0.25, -0.2) is 0 Å². The number of nitrogens with zero attached hydrogens (tertiary/aromatic N) is 2. The first-order valence-electron chi connectivity index (χ1n) is 9.60. The van der Waals surface area contributed by atoms with Gasteiger partial charge >= 0.3 is 0 Å². The standard InChI is InChI=1S/C21H24ClN3O4/c1-3-28-18-9-14-6-8-25(13-15(14)10-19(18)29-4-2)20(26)12-24-21(27)17-11-16(22)5-7-23-17/h5,7,9-11H,3-4,6,8,12-13H2,1-2H3,(H,24,27). The molecule has 0 saturated carbocycles. The number of halogens is 1. The van der Waals surface area contributed by atoms with E-state index in [1.807, 2.05) is 26.0 Å². The maximum Gasteiger partial charge on any atom is 0.270 e. The zero-order chi connectivity index (χ0) is 20.8. The van der Waals surface area contributed by atoms with Crippen molar-refractivity contribution in [3.05, 3.63) is 52.3 Å². The number of hydrogen-bond acceptors (Lipinski definition) is 5. The third-order valence-corrected chi connectivity index (χ3v) is 4.82. The summed E-state index contributed by atoms with van der Waals surface area (Å²) in [6.07, 6.45) is 2.17. The number of nitrogens with one attached hydrogen (secondary N) is 1. The average molecular weight is 418 g/mol. The molecule has 1 aliphatic heterocycles. The van der Waals surface area contributed by atoms with Crippen molar-refractivity contribution in [2.45, 2.75) is 26.8 Å². The second-order valence-electron chi connectivity index (χ2n) is 6.54. The summed E-state index contributed by atoms with van der Waals surface area (Å²) in [4.78, 5) is 30.5. The Hall–Kier alpha value is -2.80. The summed E-state index contributed by atoms with van der Waals surface area (Å²) in [7, 11) is 0. The smallest absolute Gasteiger partial charge is 0.270 e. The predicted octanol–water partition coefficient (Wildman–Crippen LogP) is 2.85. The average Bonchev–Trinajstić information content (AvgIpc) is 2.72. The van der Waals surface area contributed by atoms with Gasteiger partial charge in [-0.05, 0) is 55.7 Å². The molecule has 0 saturated heterocycles. The summed E-state index contributed by atoms with van der Waals surface area (Å²) in [5, 5.41) is 3.03. The Morgan fingerprint density at radius 3 is 2.48 bits per heavy atom. The van der Waals surface area contributed by atoms with Crippen LogP contribution in [0.25, 0.3) is 0 Å². The lowest BCUT2D eigenvalue weighted by atomic mass is 9.98. The Kier molecular flexibility index (Phi) is 6.93. The number of hydrogen-bond donors (Lipinski definition) is 1. The van der Waals surface area contributed by atoms with Crippen molar-refractivity contribution in [3.8, 4) is 11.5 Å². The molecule has 0 spiro atoms. The first kappa shape index (κ1) is 20.9. The van der Waals surface area contributed by atoms with Gasteiger partial charge in [-0.3, -0.25) is 14.6 Å². The van der Waals surface area contributed by atoms with Crippen molar-refractivity contribution in [2.24, 2.45) is 0 Å². The molecule has 1 aliphatic rings. The highest BCUT2D eigenvalue weighted by molar-refractivity contribution is 6.30. The van der Waals surface area contributed by atoms with Crippen molar-refractivity contribution in [1.29, 1.82) is 0 Å². The molecule has 1 N–H and O–H groups in total. The molecule has 7 nitrogen and oxygen atoms in total. The summed E-state index contributed by atoms with van der Waals surface area (Å²) in [5.41, 5.74) is 2.35. The highest BCUT2D eigenvalue weighted by Gasteiger charge is 2.23. The number of ether oxygens (including phenoxy) is 2. The Labute approximate surface area is 175 Å². The fraction of sp³-hybridized carbons (Fsp3) is 0.381. The number of pyridine rings is 1. The molecule has 0 aliphatic carbocycles. The Morgan fingerprint density at radius 2 is 1.83 bits per heavy atom. The monoisotopic (exact) mass is 417 g/mol. The minimum atomic E-state index is -0.432. The number of aromatic nitrogens is 1. The number of fused-ring (bicyclic) bond motifs is 1. The maximum absolute atomic E-state index is 12.6. The third kappa shape index (κ3) is 5.17. The molecule has 2 heterocycles. The molecule has 0 bridgehead atoms. The van der Waals surface area contributed by atoms with Crippen molar-refractivity contribution in [2.75, 3.05) is 26.3 Å². The molecule has 3 rings (SSSR count). The topological polar surface area (TPSA) is 80.8 Å². The molecule has 8 heteroatoms. The van der Waals surface area contributed by atoms with E-state index in [1.54, 1.807) is 11.0 Å². The number of carbonyl (C=O) groups excluding carboxylic acids is 2. The van der Waals surface area contributed by atoms with E-state index in [2.05, 4.69) is 10.3 Å². The normalized spacial score (nSPS) is 12.9. The van der Waals surface area contributed by atoms with Gasteiger partial charge in [0.2, 0.25) is 5.91 Å². The quantitative estimate of drug-likeness (QED) is 0.749. The van der Waals surface area contributed by atoms with Crippen LogP contribution in [0.1, 0.15) is 35.5 Å². The van der Waals surface area contributed by atoms with Crippen LogP contribution in [0.4, 0.5) is 0 Å². The molecule has 0 fully saturated rings. The second-order valence-corrected chi connectivity index (χ2v) is 6.98. The summed E-state index contributed by atoms with van der Waals surface area (Å²) in [6, 6.07) is 6.99. The minimum absolute atomic E-state index is 0.0995. The van der Waals surface area contributed by atoms with E-state index in [0.29, 0.717) is 37.1 Å². The number of benzene rings is 1. The lowest BCUT2D eigenvalue weighted by Gasteiger charge is -2.30. The lowest BCUT2D eigenvalue weighted by molar-refractivity contribution is -0.131. The Morgan fingerprint density at radius 1 is 1.14 bits per heavy atom. The number of carbonyl (C=O) groups is 2. The van der Waals surface area contributed by atoms with Crippen molar-refractivity contribution < 1.29 is 19.1 Å². The van der Waals surface area contributed by atoms with Crippen LogP contribution in [0.2, 0.25) is 5.02 Å². The summed E-state index contributed by atoms with van der Waals surface area (Å²) in [5.74, 6) is 0.827. The second kappa shape index (κ2) is 9.60. The van der Waals surface area contributed by atoms with Gasteiger partial charge in [-0.1, -0.05) is 11.6 Å². The first-order valence-corrected chi connectivity index (χ1v) is 9.98. The number of amides is 2. The minimum Gasteiger partial charge on any atom is -0.490 e. The molecular weight excluding hydrogens is 394 g/mol. The summed E-state index contributed by atoms with van der Waals surface area (Å²) >= 11 is 5.87. The van der Waals surface area contributed by atoms with Crippen molar-refractivity contribution in [1.82, 2.24) is 15.2 Å². The van der Waals surface area contributed by atoms with Crippen LogP contribution in [-0.2, 0) is 17.8 Å². The SMILES string of the molecule is CCOc1cc2c(cc1OCC)CN(C(=O)CNC(=O)c1cc(Cl)ccn1)CC2. The van der Waals surface area contributed by atoms with Gasteiger partial charge in [-0.15, -0.1) is 0 Å². The first-order chi connectivity index (χ1) is 14.0. The molecule has 1 aromatic heterocycles. The zero-order valence-electron chi connectivity index (χ0n) is 16.5. The van der Waals surface area contributed by atoms with Gasteiger partial charge in [0.05, 0.1) is 19.8 Å². The van der Waals surface area contributed by atoms with Gasteiger partial charge in [0.25, 0.3) is 5.91 Å². The summed E-state index contributed by atoms with van der Waals surface area (Å²) < 4.78 is 11.4. The van der Waals surface area contributed by atoms with Gasteiger partial charge in [0.1, 0.15) is 5.69 Å². The maximum atomic E-state index is 12.6. The molecule has 0 atom stereocenters. The van der Waals surface area contributed by atoms with E-state index in [0.717, 1.165) is 23.3 Å². The van der Waals surface area contributed by atoms with Gasteiger partial charge in [0.15, 0.2) is 11.5 Å². The molecule has 1 aromatic carbocycles. The van der Waals surface area contributed by atoms with Gasteiger partial charge < -0.3 is 19.7 Å². The highest BCUT2D eigenvalue weighted by Crippen LogP contribution is 2.33. The van der Waals surface area contributed by atoms with Crippen molar-refractivity contribution in [3.63, 3.8) is 0 Å². The largest absolute Gasteiger partial charge is 0.490 e. The highest BCUT2D eigenvalue weighted by atomic mass is 35.5. The Balaban J connectivity index is 1.64. The molecule has 29 heavy (non-hydrogen) atoms. The van der Waals surface area contributed by atoms with Gasteiger partial charge in [-0.2, -0.15) is 0 Å². The van der Waals surface area contributed by atoms with Crippen molar-refractivity contribution >= 4 is 23.4 Å². The van der Waals surface area contributed by atoms with E-state index >= 15 is 0 Å². The lowest BCUT2D eigenvalue weighted by Crippen LogP contribution is -2.42. The van der Waals surface area contributed by atoms with Crippen LogP contribution in [0, 0.1) is 0 Å². The molecule has 2 amide bonds. The fourth-order valence-corrected chi connectivity index (χ4v) is 3.36. The van der Waals surface area contributed by atoms with E-state index in [4.69, 9.17) is 21.1 Å². The van der Waals surface area contributed by atoms with Gasteiger partial charge in [0, 0.05) is 24.3 Å². The molecular formula is C21H24ClN3O4. The molecule has 154 valence electrons. The van der Waals surface area contributed by atoms with E-state index in [9.17, 15) is 9.59 Å². The van der Waals surface area contributed by atoms with Crippen LogP contribution >= 0.6 is 11.6 Å². The van der Waals surface area contributed by atoms with E-state index < -0.39 is 5.91 Å². The van der Waals surface area contributed by atoms with Crippen LogP contribution in [0.3, 0.4) is 0 Å². The third-order valence-electron chi connectivity index (χ3n) is 4.59. The zero-order valence-corrected chi connectivity index (χ0v) is 17.3. The van der Waals surface area contributed by atoms with Crippen LogP contribution < -0.4 is 14.8 Å². The van der Waals surface area contributed by atoms with Crippen LogP contribution in [0.15, 0.2) is 30.5 Å². The van der Waals surface area contributed by atoms with E-state index in [-0.39, 0.29) is 18.1 Å². The number of rotatable bonds is 7. The molecule has 0 unspecified atom stereocenters. The molecule has 2 aromatic rings. The molecule has 0 radical (unpaired) electrons. The van der Waals surface area contributed by atoms with Crippen LogP contribution in [0.5, 0.6) is 11.5 Å². The van der Waals surface area contributed by atoms with Crippen LogP contribution in [-0.4, -0.2) is 48.0 Å². The fourth-order valence-electron chi connectivity index (χ4n) is 3.20. The predicted molar refractivity (Wildman–Crippen MR) is 109 cm³/mol. The van der Waals surface area contributed by atoms with E-state index in [1.165, 1.54) is 12.3 Å².